The summed E-state index contributed by atoms with van der Waals surface area (Å²) in [4.78, 5) is 3.93. The van der Waals surface area contributed by atoms with Crippen LogP contribution in [-0.2, 0) is 9.84 Å². The molecule has 0 fully saturated rings. The first-order chi connectivity index (χ1) is 13.3. The summed E-state index contributed by atoms with van der Waals surface area (Å²) in [5.74, 6) is -0.834. The number of nitrogens with zero attached hydrogens (tertiary/aromatic N) is 3. The Labute approximate surface area is 165 Å². The zero-order valence-corrected chi connectivity index (χ0v) is 16.3. The molecule has 4 rings (SSSR count). The normalized spacial score (nSPS) is 11.6. The van der Waals surface area contributed by atoms with Gasteiger partial charge in [-0.2, -0.15) is 5.10 Å². The summed E-state index contributed by atoms with van der Waals surface area (Å²) >= 11 is 1.52. The smallest absolute Gasteiger partial charge is 0.178 e. The van der Waals surface area contributed by atoms with Gasteiger partial charge in [0.2, 0.25) is 0 Å². The van der Waals surface area contributed by atoms with Gasteiger partial charge < -0.3 is 5.73 Å². The van der Waals surface area contributed by atoms with Crippen LogP contribution in [0.15, 0.2) is 64.4 Å². The van der Waals surface area contributed by atoms with E-state index in [1.807, 2.05) is 29.6 Å². The van der Waals surface area contributed by atoms with Gasteiger partial charge in [0, 0.05) is 28.8 Å². The largest absolute Gasteiger partial charge is 0.396 e. The van der Waals surface area contributed by atoms with Gasteiger partial charge in [0.15, 0.2) is 9.84 Å². The van der Waals surface area contributed by atoms with Crippen LogP contribution >= 0.6 is 11.3 Å². The molecule has 0 amide bonds. The number of aromatic nitrogens is 3. The molecule has 0 aliphatic heterocycles. The molecular weight excluding hydrogens is 399 g/mol. The highest BCUT2D eigenvalue weighted by atomic mass is 32.2. The Bertz CT molecular complexity index is 1250. The van der Waals surface area contributed by atoms with E-state index in [9.17, 15) is 12.8 Å². The lowest BCUT2D eigenvalue weighted by atomic mass is 10.1. The summed E-state index contributed by atoms with van der Waals surface area (Å²) < 4.78 is 39.1. The first kappa shape index (κ1) is 18.3. The maximum atomic E-state index is 14.3. The van der Waals surface area contributed by atoms with E-state index in [2.05, 4.69) is 10.1 Å². The first-order valence-corrected chi connectivity index (χ1v) is 11.0. The number of rotatable bonds is 4. The predicted octanol–water partition coefficient (Wildman–Crippen LogP) is 3.79. The Kier molecular flexibility index (Phi) is 4.48. The molecule has 28 heavy (non-hydrogen) atoms. The average molecular weight is 414 g/mol. The zero-order chi connectivity index (χ0) is 19.9. The first-order valence-electron chi connectivity index (χ1n) is 8.17. The quantitative estimate of drug-likeness (QED) is 0.549. The average Bonchev–Trinajstić information content (AvgIpc) is 3.30. The number of benzene rings is 2. The second-order valence-corrected chi connectivity index (χ2v) is 8.90. The molecule has 2 aromatic carbocycles. The highest BCUT2D eigenvalue weighted by molar-refractivity contribution is 7.90. The van der Waals surface area contributed by atoms with E-state index in [0.717, 1.165) is 29.1 Å². The standard InChI is InChI=1S/C19H15FN4O2S2/c1-28(25,26)18-7-6-14(8-15(18)20)24-19(16(21)9-23-24)13-4-2-12(3-5-13)17-10-27-11-22-17/h2-11H,21H2,1H3. The molecule has 142 valence electrons. The van der Waals surface area contributed by atoms with Gasteiger partial charge in [-0.3, -0.25) is 0 Å². The molecular formula is C19H15FN4O2S2. The third kappa shape index (κ3) is 3.30. The number of hydrogen-bond donors (Lipinski definition) is 1. The van der Waals surface area contributed by atoms with Crippen LogP contribution in [0.4, 0.5) is 10.1 Å². The van der Waals surface area contributed by atoms with Crippen LogP contribution in [0.2, 0.25) is 0 Å². The number of halogens is 1. The summed E-state index contributed by atoms with van der Waals surface area (Å²) in [6, 6.07) is 11.5. The molecule has 6 nitrogen and oxygen atoms in total. The van der Waals surface area contributed by atoms with Gasteiger partial charge in [-0.15, -0.1) is 11.3 Å². The highest BCUT2D eigenvalue weighted by Gasteiger charge is 2.17. The van der Waals surface area contributed by atoms with E-state index >= 15 is 0 Å². The summed E-state index contributed by atoms with van der Waals surface area (Å²) in [6.45, 7) is 0. The summed E-state index contributed by atoms with van der Waals surface area (Å²) in [5, 5.41) is 6.19. The van der Waals surface area contributed by atoms with E-state index in [0.29, 0.717) is 17.1 Å². The highest BCUT2D eigenvalue weighted by Crippen LogP contribution is 2.31. The Morgan fingerprint density at radius 2 is 1.82 bits per heavy atom. The van der Waals surface area contributed by atoms with Gasteiger partial charge in [-0.05, 0) is 12.1 Å². The van der Waals surface area contributed by atoms with E-state index in [1.54, 1.807) is 5.51 Å². The lowest BCUT2D eigenvalue weighted by Crippen LogP contribution is -2.05. The molecule has 0 bridgehead atoms. The molecule has 0 aliphatic rings. The monoisotopic (exact) mass is 414 g/mol. The molecule has 2 heterocycles. The van der Waals surface area contributed by atoms with E-state index in [1.165, 1.54) is 34.3 Å². The second-order valence-electron chi connectivity index (χ2n) is 6.20. The molecule has 0 unspecified atom stereocenters. The SMILES string of the molecule is CS(=O)(=O)c1ccc(-n2ncc(N)c2-c2ccc(-c3cscn3)cc2)cc1F. The lowest BCUT2D eigenvalue weighted by molar-refractivity contribution is 0.569. The van der Waals surface area contributed by atoms with Crippen molar-refractivity contribution in [2.24, 2.45) is 0 Å². The lowest BCUT2D eigenvalue weighted by Gasteiger charge is -2.10. The second kappa shape index (κ2) is 6.84. The molecule has 0 radical (unpaired) electrons. The van der Waals surface area contributed by atoms with Crippen molar-refractivity contribution in [3.8, 4) is 28.2 Å². The molecule has 0 saturated heterocycles. The maximum absolute atomic E-state index is 14.3. The van der Waals surface area contributed by atoms with Crippen LogP contribution in [0.3, 0.4) is 0 Å². The van der Waals surface area contributed by atoms with Gasteiger partial charge in [-0.25, -0.2) is 22.5 Å². The third-order valence-electron chi connectivity index (χ3n) is 4.24. The number of nitrogen functional groups attached to an aromatic ring is 1. The number of anilines is 1. The number of thiazole rings is 1. The topological polar surface area (TPSA) is 90.9 Å². The third-order valence-corrected chi connectivity index (χ3v) is 5.96. The fourth-order valence-corrected chi connectivity index (χ4v) is 4.21. The van der Waals surface area contributed by atoms with E-state index in [4.69, 9.17) is 5.73 Å². The van der Waals surface area contributed by atoms with Crippen LogP contribution in [0, 0.1) is 5.82 Å². The van der Waals surface area contributed by atoms with Crippen LogP contribution in [0.1, 0.15) is 0 Å². The van der Waals surface area contributed by atoms with Gasteiger partial charge in [0.25, 0.3) is 0 Å². The fraction of sp³-hybridized carbons (Fsp3) is 0.0526. The van der Waals surface area contributed by atoms with Gasteiger partial charge >= 0.3 is 0 Å². The molecule has 0 saturated carbocycles. The summed E-state index contributed by atoms with van der Waals surface area (Å²) in [7, 11) is -3.65. The molecule has 4 aromatic rings. The van der Waals surface area contributed by atoms with Crippen LogP contribution in [0.5, 0.6) is 0 Å². The number of sulfone groups is 1. The van der Waals surface area contributed by atoms with Crippen molar-refractivity contribution in [2.45, 2.75) is 4.90 Å². The minimum absolute atomic E-state index is 0.356. The predicted molar refractivity (Wildman–Crippen MR) is 108 cm³/mol. The molecule has 0 atom stereocenters. The van der Waals surface area contributed by atoms with Crippen molar-refractivity contribution in [3.63, 3.8) is 0 Å². The van der Waals surface area contributed by atoms with E-state index < -0.39 is 15.7 Å². The summed E-state index contributed by atoms with van der Waals surface area (Å²) in [6.07, 6.45) is 2.44. The molecule has 9 heteroatoms. The van der Waals surface area contributed by atoms with Crippen molar-refractivity contribution >= 4 is 26.9 Å². The van der Waals surface area contributed by atoms with Gasteiger partial charge in [-0.1, -0.05) is 24.3 Å². The molecule has 2 aromatic heterocycles. The summed E-state index contributed by atoms with van der Waals surface area (Å²) in [5.41, 5.74) is 11.9. The Morgan fingerprint density at radius 3 is 2.43 bits per heavy atom. The van der Waals surface area contributed by atoms with Gasteiger partial charge in [0.05, 0.1) is 34.5 Å². The Morgan fingerprint density at radius 1 is 1.11 bits per heavy atom. The molecule has 2 N–H and O–H groups in total. The van der Waals surface area contributed by atoms with Crippen LogP contribution in [-0.4, -0.2) is 29.4 Å². The zero-order valence-electron chi connectivity index (χ0n) is 14.7. The Balaban J connectivity index is 1.77. The van der Waals surface area contributed by atoms with Crippen LogP contribution in [0.25, 0.3) is 28.2 Å². The van der Waals surface area contributed by atoms with Crippen molar-refractivity contribution in [3.05, 3.63) is 65.4 Å². The number of nitrogens with two attached hydrogens (primary N) is 1. The van der Waals surface area contributed by atoms with E-state index in [-0.39, 0.29) is 4.90 Å². The van der Waals surface area contributed by atoms with Crippen molar-refractivity contribution < 1.29 is 12.8 Å². The van der Waals surface area contributed by atoms with Crippen molar-refractivity contribution in [1.82, 2.24) is 14.8 Å². The van der Waals surface area contributed by atoms with Crippen molar-refractivity contribution in [1.29, 1.82) is 0 Å². The van der Waals surface area contributed by atoms with Crippen molar-refractivity contribution in [2.75, 3.05) is 12.0 Å². The molecule has 0 aliphatic carbocycles. The minimum atomic E-state index is -3.65. The molecule has 0 spiro atoms. The Hall–Kier alpha value is -3.04. The van der Waals surface area contributed by atoms with Gasteiger partial charge in [0.1, 0.15) is 10.7 Å². The maximum Gasteiger partial charge on any atom is 0.178 e. The number of hydrogen-bond acceptors (Lipinski definition) is 6. The fourth-order valence-electron chi connectivity index (χ4n) is 2.92. The minimum Gasteiger partial charge on any atom is -0.396 e. The van der Waals surface area contributed by atoms with Crippen LogP contribution < -0.4 is 5.73 Å².